The molecule has 3 aromatic rings. The highest BCUT2D eigenvalue weighted by Crippen LogP contribution is 2.35. The van der Waals surface area contributed by atoms with Crippen molar-refractivity contribution in [1.29, 1.82) is 0 Å². The van der Waals surface area contributed by atoms with E-state index in [1.54, 1.807) is 12.1 Å². The van der Waals surface area contributed by atoms with Crippen molar-refractivity contribution < 1.29 is 22.4 Å². The summed E-state index contributed by atoms with van der Waals surface area (Å²) in [6, 6.07) is 5.81. The molecule has 2 aromatic heterocycles. The summed E-state index contributed by atoms with van der Waals surface area (Å²) in [5.41, 5.74) is -0.800. The number of rotatable bonds is 4. The van der Waals surface area contributed by atoms with Gasteiger partial charge in [-0.1, -0.05) is 12.1 Å². The molecule has 0 aliphatic heterocycles. The van der Waals surface area contributed by atoms with Crippen LogP contribution in [0.15, 0.2) is 28.8 Å². The van der Waals surface area contributed by atoms with E-state index in [4.69, 9.17) is 9.26 Å². The molecule has 0 spiro atoms. The lowest BCUT2D eigenvalue weighted by Crippen LogP contribution is -2.09. The molecule has 0 aliphatic carbocycles. The van der Waals surface area contributed by atoms with Gasteiger partial charge in [0.2, 0.25) is 0 Å². The zero-order valence-electron chi connectivity index (χ0n) is 12.4. The van der Waals surface area contributed by atoms with Crippen molar-refractivity contribution >= 4 is 33.5 Å². The van der Waals surface area contributed by atoms with Crippen molar-refractivity contribution in [3.8, 4) is 5.75 Å². The van der Waals surface area contributed by atoms with Crippen LogP contribution in [0.3, 0.4) is 0 Å². The summed E-state index contributed by atoms with van der Waals surface area (Å²) in [6.45, 7) is 1.75. The molecule has 3 rings (SSSR count). The first-order valence-corrected chi connectivity index (χ1v) is 8.06. The Morgan fingerprint density at radius 2 is 2.00 bits per heavy atom. The molecule has 0 amide bonds. The molecule has 0 atom stereocenters. The number of alkyl halides is 3. The van der Waals surface area contributed by atoms with Crippen LogP contribution in [-0.2, 0) is 19.2 Å². The second-order valence-corrected chi connectivity index (χ2v) is 6.16. The quantitative estimate of drug-likeness (QED) is 0.554. The van der Waals surface area contributed by atoms with Crippen molar-refractivity contribution in [2.45, 2.75) is 26.1 Å². The molecule has 0 bridgehead atoms. The van der Waals surface area contributed by atoms with Gasteiger partial charge in [0.1, 0.15) is 11.4 Å². The predicted octanol–water partition coefficient (Wildman–Crippen LogP) is 4.38. The summed E-state index contributed by atoms with van der Waals surface area (Å²) in [5, 5.41) is 4.21. The average Bonchev–Trinajstić information content (AvgIpc) is 2.99. The second-order valence-electron chi connectivity index (χ2n) is 4.91. The molecule has 0 aliphatic rings. The van der Waals surface area contributed by atoms with Gasteiger partial charge < -0.3 is 9.26 Å². The van der Waals surface area contributed by atoms with E-state index in [0.29, 0.717) is 17.6 Å². The van der Waals surface area contributed by atoms with Crippen LogP contribution < -0.4 is 4.74 Å². The third kappa shape index (κ3) is 3.60. The standard InChI is InChI=1S/C15H11F3IN3O2/c1-2-13-21-14(24-22-13)7-23-11-6-12(15(16,17)18)20-10-4-3-8(19)5-9(10)11/h3-6H,2,7H2,1H3. The molecule has 1 aromatic carbocycles. The van der Waals surface area contributed by atoms with E-state index in [1.807, 2.05) is 6.92 Å². The predicted molar refractivity (Wildman–Crippen MR) is 87.5 cm³/mol. The lowest BCUT2D eigenvalue weighted by atomic mass is 10.2. The summed E-state index contributed by atoms with van der Waals surface area (Å²) in [4.78, 5) is 7.73. The molecule has 0 radical (unpaired) electrons. The number of halogens is 4. The van der Waals surface area contributed by atoms with E-state index < -0.39 is 11.9 Å². The Labute approximate surface area is 148 Å². The van der Waals surface area contributed by atoms with Gasteiger partial charge in [-0.2, -0.15) is 18.2 Å². The Balaban J connectivity index is 1.98. The van der Waals surface area contributed by atoms with Crippen LogP contribution in [0.2, 0.25) is 0 Å². The van der Waals surface area contributed by atoms with Crippen LogP contribution in [0.25, 0.3) is 10.9 Å². The maximum atomic E-state index is 13.0. The topological polar surface area (TPSA) is 61.0 Å². The first kappa shape index (κ1) is 16.9. The lowest BCUT2D eigenvalue weighted by Gasteiger charge is -2.12. The number of aromatic nitrogens is 3. The van der Waals surface area contributed by atoms with E-state index in [9.17, 15) is 13.2 Å². The molecule has 2 heterocycles. The fourth-order valence-electron chi connectivity index (χ4n) is 2.06. The minimum absolute atomic E-state index is 0.0714. The van der Waals surface area contributed by atoms with Gasteiger partial charge >= 0.3 is 6.18 Å². The monoisotopic (exact) mass is 449 g/mol. The fourth-order valence-corrected chi connectivity index (χ4v) is 2.55. The minimum Gasteiger partial charge on any atom is -0.483 e. The highest BCUT2D eigenvalue weighted by atomic mass is 127. The smallest absolute Gasteiger partial charge is 0.433 e. The fraction of sp³-hybridized carbons (Fsp3) is 0.267. The van der Waals surface area contributed by atoms with Gasteiger partial charge in [0.05, 0.1) is 5.52 Å². The average molecular weight is 449 g/mol. The van der Waals surface area contributed by atoms with Gasteiger partial charge in [-0.15, -0.1) is 0 Å². The van der Waals surface area contributed by atoms with Crippen molar-refractivity contribution in [2.75, 3.05) is 0 Å². The lowest BCUT2D eigenvalue weighted by molar-refractivity contribution is -0.141. The number of ether oxygens (including phenoxy) is 1. The van der Waals surface area contributed by atoms with Gasteiger partial charge in [-0.3, -0.25) is 0 Å². The van der Waals surface area contributed by atoms with Crippen molar-refractivity contribution in [2.24, 2.45) is 0 Å². The number of pyridine rings is 1. The number of benzene rings is 1. The van der Waals surface area contributed by atoms with Crippen LogP contribution >= 0.6 is 22.6 Å². The van der Waals surface area contributed by atoms with E-state index in [2.05, 4.69) is 37.7 Å². The molecule has 5 nitrogen and oxygen atoms in total. The Hall–Kier alpha value is -1.91. The molecule has 0 saturated heterocycles. The zero-order valence-corrected chi connectivity index (χ0v) is 14.6. The number of hydrogen-bond donors (Lipinski definition) is 0. The number of hydrogen-bond acceptors (Lipinski definition) is 5. The Morgan fingerprint density at radius 1 is 1.21 bits per heavy atom. The molecule has 9 heteroatoms. The van der Waals surface area contributed by atoms with E-state index in [1.165, 1.54) is 6.07 Å². The third-order valence-electron chi connectivity index (χ3n) is 3.20. The molecular formula is C15H11F3IN3O2. The summed E-state index contributed by atoms with van der Waals surface area (Å²) in [7, 11) is 0. The largest absolute Gasteiger partial charge is 0.483 e. The molecule has 0 unspecified atom stereocenters. The Morgan fingerprint density at radius 3 is 2.67 bits per heavy atom. The van der Waals surface area contributed by atoms with Crippen LogP contribution in [0.4, 0.5) is 13.2 Å². The SMILES string of the molecule is CCc1noc(COc2cc(C(F)(F)F)nc3ccc(I)cc23)n1. The molecule has 126 valence electrons. The summed E-state index contributed by atoms with van der Waals surface area (Å²) in [6.07, 6.45) is -3.97. The first-order chi connectivity index (χ1) is 11.4. The van der Waals surface area contributed by atoms with Crippen LogP contribution in [-0.4, -0.2) is 15.1 Å². The summed E-state index contributed by atoms with van der Waals surface area (Å²) in [5.74, 6) is 0.789. The van der Waals surface area contributed by atoms with Crippen molar-refractivity contribution in [3.05, 3.63) is 45.2 Å². The normalized spacial score (nSPS) is 11.9. The van der Waals surface area contributed by atoms with E-state index >= 15 is 0 Å². The van der Waals surface area contributed by atoms with Gasteiger partial charge in [0.15, 0.2) is 12.4 Å². The van der Waals surface area contributed by atoms with Crippen molar-refractivity contribution in [3.63, 3.8) is 0 Å². The van der Waals surface area contributed by atoms with Gasteiger partial charge in [-0.05, 0) is 40.8 Å². The van der Waals surface area contributed by atoms with Crippen LogP contribution in [0, 0.1) is 3.57 Å². The Bertz CT molecular complexity index is 880. The molecule has 0 fully saturated rings. The highest BCUT2D eigenvalue weighted by Gasteiger charge is 2.33. The summed E-state index contributed by atoms with van der Waals surface area (Å²) >= 11 is 2.07. The number of aryl methyl sites for hydroxylation is 1. The van der Waals surface area contributed by atoms with E-state index in [-0.39, 0.29) is 23.8 Å². The van der Waals surface area contributed by atoms with Crippen LogP contribution in [0.5, 0.6) is 5.75 Å². The number of fused-ring (bicyclic) bond motifs is 1. The van der Waals surface area contributed by atoms with Crippen molar-refractivity contribution in [1.82, 2.24) is 15.1 Å². The third-order valence-corrected chi connectivity index (χ3v) is 3.87. The molecule has 24 heavy (non-hydrogen) atoms. The van der Waals surface area contributed by atoms with Crippen LogP contribution in [0.1, 0.15) is 24.3 Å². The second kappa shape index (κ2) is 6.54. The van der Waals surface area contributed by atoms with Gasteiger partial charge in [-0.25, -0.2) is 4.98 Å². The molecule has 0 saturated carbocycles. The maximum Gasteiger partial charge on any atom is 0.433 e. The zero-order chi connectivity index (χ0) is 17.3. The highest BCUT2D eigenvalue weighted by molar-refractivity contribution is 14.1. The number of nitrogens with zero attached hydrogens (tertiary/aromatic N) is 3. The van der Waals surface area contributed by atoms with Gasteiger partial charge in [0.25, 0.3) is 5.89 Å². The van der Waals surface area contributed by atoms with Gasteiger partial charge in [0, 0.05) is 21.4 Å². The first-order valence-electron chi connectivity index (χ1n) is 6.98. The minimum atomic E-state index is -4.56. The van der Waals surface area contributed by atoms with E-state index in [0.717, 1.165) is 9.64 Å². The molecular weight excluding hydrogens is 438 g/mol. The Kier molecular flexibility index (Phi) is 4.61. The summed E-state index contributed by atoms with van der Waals surface area (Å²) < 4.78 is 50.4. The maximum absolute atomic E-state index is 13.0. The molecule has 0 N–H and O–H groups in total.